The van der Waals surface area contributed by atoms with Gasteiger partial charge in [-0.15, -0.1) is 0 Å². The first-order valence-electron chi connectivity index (χ1n) is 30.2. The molecule has 0 spiro atoms. The van der Waals surface area contributed by atoms with Crippen LogP contribution in [0.25, 0.3) is 49.7 Å². The molecule has 1 aromatic heterocycles. The molecule has 0 fully saturated rings. The van der Waals surface area contributed by atoms with Gasteiger partial charge in [0.25, 0.3) is 13.4 Å². The molecule has 0 saturated carbocycles. The zero-order valence-corrected chi connectivity index (χ0v) is 50.1. The number of aromatic nitrogens is 1. The Kier molecular flexibility index (Phi) is 12.7. The van der Waals surface area contributed by atoms with E-state index in [0.29, 0.717) is 0 Å². The normalized spacial score (nSPS) is 13.3. The molecule has 0 radical (unpaired) electrons. The van der Waals surface area contributed by atoms with E-state index in [4.69, 9.17) is 4.74 Å². The van der Waals surface area contributed by atoms with Crippen LogP contribution in [-0.4, -0.2) is 18.0 Å². The lowest BCUT2D eigenvalue weighted by molar-refractivity contribution is 0.488. The molecule has 11 aromatic rings. The molecule has 82 heavy (non-hydrogen) atoms. The van der Waals surface area contributed by atoms with Gasteiger partial charge < -0.3 is 19.1 Å². The average Bonchev–Trinajstić information content (AvgIpc) is 1.63. The Bertz CT molecular complexity index is 4410. The molecule has 0 atom stereocenters. The van der Waals surface area contributed by atoms with E-state index < -0.39 is 0 Å². The van der Waals surface area contributed by atoms with Gasteiger partial charge in [0.2, 0.25) is 0 Å². The molecule has 15 rings (SSSR count). The SMILES string of the molecule is CCCCc1ccc(N2c3ccc(CCCC)cc3B3c4cc5c(cc4Oc4cc(-c6ccccc6C)cc2c43)N(c2ccc(I)cc2)c2cc(-c3ccccc3C)cc3c2B5c2cc(C)cc4c5cc(CCCC)ccc5n-3c24)cc1. The van der Waals surface area contributed by atoms with Crippen molar-refractivity contribution >= 4 is 125 Å². The Morgan fingerprint density at radius 2 is 0.988 bits per heavy atom. The van der Waals surface area contributed by atoms with Gasteiger partial charge in [-0.05, 0) is 250 Å². The van der Waals surface area contributed by atoms with Crippen LogP contribution in [0.3, 0.4) is 0 Å². The van der Waals surface area contributed by atoms with Crippen molar-refractivity contribution in [2.45, 2.75) is 99.3 Å². The third-order valence-electron chi connectivity index (χ3n) is 18.5. The Morgan fingerprint density at radius 1 is 0.427 bits per heavy atom. The maximum absolute atomic E-state index is 7.71. The van der Waals surface area contributed by atoms with Crippen LogP contribution in [0.2, 0.25) is 0 Å². The van der Waals surface area contributed by atoms with Gasteiger partial charge in [-0.1, -0.05) is 137 Å². The molecule has 0 amide bonds. The number of fused-ring (bicyclic) bond motifs is 11. The van der Waals surface area contributed by atoms with E-state index in [0.717, 1.165) is 60.5 Å². The zero-order valence-electron chi connectivity index (χ0n) is 48.0. The minimum Gasteiger partial charge on any atom is -0.458 e. The van der Waals surface area contributed by atoms with Crippen LogP contribution in [0.4, 0.5) is 34.1 Å². The summed E-state index contributed by atoms with van der Waals surface area (Å²) in [5, 5.41) is 2.67. The Labute approximate surface area is 498 Å². The summed E-state index contributed by atoms with van der Waals surface area (Å²) in [6.07, 6.45) is 10.2. The fourth-order valence-electron chi connectivity index (χ4n) is 14.5. The number of hydrogen-bond acceptors (Lipinski definition) is 3. The summed E-state index contributed by atoms with van der Waals surface area (Å²) in [5.41, 5.74) is 31.5. The molecule has 0 saturated heterocycles. The second-order valence-corrected chi connectivity index (χ2v) is 25.1. The number of benzene rings is 10. The molecule has 0 aliphatic carbocycles. The first-order chi connectivity index (χ1) is 40.2. The largest absolute Gasteiger partial charge is 0.458 e. The van der Waals surface area contributed by atoms with Gasteiger partial charge in [-0.2, -0.15) is 0 Å². The minimum atomic E-state index is -0.0909. The van der Waals surface area contributed by atoms with Crippen molar-refractivity contribution in [3.63, 3.8) is 0 Å². The van der Waals surface area contributed by atoms with Crippen molar-refractivity contribution in [2.75, 3.05) is 9.80 Å². The van der Waals surface area contributed by atoms with Gasteiger partial charge in [0.1, 0.15) is 11.5 Å². The summed E-state index contributed by atoms with van der Waals surface area (Å²) in [6.45, 7) is 13.5. The second-order valence-electron chi connectivity index (χ2n) is 23.8. The lowest BCUT2D eigenvalue weighted by Crippen LogP contribution is -2.64. The predicted octanol–water partition coefficient (Wildman–Crippen LogP) is 16.7. The molecular weight excluding hydrogens is 1110 g/mol. The fourth-order valence-corrected chi connectivity index (χ4v) is 14.9. The predicted molar refractivity (Wildman–Crippen MR) is 360 cm³/mol. The highest BCUT2D eigenvalue weighted by Gasteiger charge is 2.47. The first-order valence-corrected chi connectivity index (χ1v) is 31.2. The molecule has 0 N–H and O–H groups in total. The topological polar surface area (TPSA) is 20.6 Å². The van der Waals surface area contributed by atoms with E-state index in [9.17, 15) is 0 Å². The maximum atomic E-state index is 7.71. The Morgan fingerprint density at radius 3 is 1.67 bits per heavy atom. The highest BCUT2D eigenvalue weighted by molar-refractivity contribution is 14.1. The number of ether oxygens (including phenoxy) is 1. The summed E-state index contributed by atoms with van der Waals surface area (Å²) >= 11 is 2.46. The number of nitrogens with zero attached hydrogens (tertiary/aromatic N) is 3. The summed E-state index contributed by atoms with van der Waals surface area (Å²) in [6, 6.07) is 70.9. The van der Waals surface area contributed by atoms with Gasteiger partial charge >= 0.3 is 0 Å². The van der Waals surface area contributed by atoms with Gasteiger partial charge in [0.15, 0.2) is 0 Å². The van der Waals surface area contributed by atoms with Gasteiger partial charge in [0, 0.05) is 65.7 Å². The Balaban J connectivity index is 1.04. The van der Waals surface area contributed by atoms with E-state index in [-0.39, 0.29) is 13.4 Å². The molecule has 5 heterocycles. The third kappa shape index (κ3) is 8.14. The molecule has 4 aliphatic heterocycles. The molecule has 0 bridgehead atoms. The average molecular weight is 1170 g/mol. The number of unbranched alkanes of at least 4 members (excludes halogenated alkanes) is 3. The van der Waals surface area contributed by atoms with Crippen LogP contribution < -0.4 is 47.3 Å². The van der Waals surface area contributed by atoms with Crippen LogP contribution in [0, 0.1) is 24.3 Å². The van der Waals surface area contributed by atoms with E-state index in [1.54, 1.807) is 0 Å². The molecule has 4 nitrogen and oxygen atoms in total. The van der Waals surface area contributed by atoms with E-state index >= 15 is 0 Å². The van der Waals surface area contributed by atoms with Crippen molar-refractivity contribution < 1.29 is 4.74 Å². The van der Waals surface area contributed by atoms with Crippen molar-refractivity contribution in [3.05, 3.63) is 219 Å². The number of halogens is 1. The number of hydrogen-bond donors (Lipinski definition) is 0. The molecule has 400 valence electrons. The molecule has 4 aliphatic rings. The van der Waals surface area contributed by atoms with Crippen molar-refractivity contribution in [3.8, 4) is 39.4 Å². The maximum Gasteiger partial charge on any atom is 0.256 e. The van der Waals surface area contributed by atoms with Crippen LogP contribution in [0.5, 0.6) is 11.5 Å². The smallest absolute Gasteiger partial charge is 0.256 e. The van der Waals surface area contributed by atoms with Crippen molar-refractivity contribution in [2.24, 2.45) is 0 Å². The van der Waals surface area contributed by atoms with Crippen LogP contribution >= 0.6 is 22.6 Å². The summed E-state index contributed by atoms with van der Waals surface area (Å²) < 4.78 is 11.6. The van der Waals surface area contributed by atoms with E-state index in [1.807, 2.05) is 0 Å². The third-order valence-corrected chi connectivity index (χ3v) is 19.2. The molecule has 10 aromatic carbocycles. The van der Waals surface area contributed by atoms with E-state index in [1.165, 1.54) is 162 Å². The fraction of sp³-hybridized carbons (Fsp3) is 0.200. The first kappa shape index (κ1) is 51.2. The summed E-state index contributed by atoms with van der Waals surface area (Å²) in [5.74, 6) is 1.83. The number of anilines is 6. The zero-order chi connectivity index (χ0) is 55.5. The lowest BCUT2D eigenvalue weighted by atomic mass is 9.30. The Hall–Kier alpha value is -7.74. The number of rotatable bonds is 13. The van der Waals surface area contributed by atoms with Crippen LogP contribution in [-0.2, 0) is 19.3 Å². The van der Waals surface area contributed by atoms with Crippen molar-refractivity contribution in [1.29, 1.82) is 0 Å². The summed E-state index contributed by atoms with van der Waals surface area (Å²) in [7, 11) is 0. The van der Waals surface area contributed by atoms with E-state index in [2.05, 4.69) is 260 Å². The monoisotopic (exact) mass is 1170 g/mol. The van der Waals surface area contributed by atoms with Crippen LogP contribution in [0.1, 0.15) is 92.7 Å². The van der Waals surface area contributed by atoms with Gasteiger partial charge in [-0.3, -0.25) is 0 Å². The standard InChI is InChI=1S/C75H66B2IN3O/c1-7-10-19-49-24-30-55(31-25-49)79-66-35-27-51(21-12-9-3)39-61(66)76-63-44-62-67(45-71(63)82-72-43-53(42-70(79)74(72)76)58-23-16-14-18-48(58)6)80(56-32-28-54(78)29-33-56)68-40-52(57-22-15-13-17-47(57)5)41-69-73(68)77(62)64-37-46(4)36-60-59-38-50(20-11-8-2)26-34-65(59)81(69)75(60)64/h13-18,22-45H,7-12,19-21H2,1-6H3. The molecular formula is C75H66B2IN3O. The minimum absolute atomic E-state index is 0.0685. The highest BCUT2D eigenvalue weighted by atomic mass is 127. The highest BCUT2D eigenvalue weighted by Crippen LogP contribution is 2.48. The van der Waals surface area contributed by atoms with Crippen LogP contribution in [0.15, 0.2) is 182 Å². The molecule has 0 unspecified atom stereocenters. The quantitative estimate of drug-likeness (QED) is 0.0848. The second kappa shape index (κ2) is 20.3. The van der Waals surface area contributed by atoms with Gasteiger partial charge in [-0.25, -0.2) is 0 Å². The summed E-state index contributed by atoms with van der Waals surface area (Å²) in [4.78, 5) is 5.13. The molecule has 7 heteroatoms. The van der Waals surface area contributed by atoms with Crippen molar-refractivity contribution in [1.82, 2.24) is 4.57 Å². The lowest BCUT2D eigenvalue weighted by Gasteiger charge is -2.43. The van der Waals surface area contributed by atoms with Gasteiger partial charge in [0.05, 0.1) is 5.52 Å². The number of aryl methyl sites for hydroxylation is 6.